The third-order valence-corrected chi connectivity index (χ3v) is 7.29. The largest absolute Gasteiger partial charge is 0.497 e. The fraction of sp³-hybridized carbons (Fsp3) is 0.632. The Morgan fingerprint density at radius 3 is 2.33 bits per heavy atom. The lowest BCUT2D eigenvalue weighted by Gasteiger charge is -2.32. The first-order chi connectivity index (χ1) is 9.88. The molecule has 0 amide bonds. The van der Waals surface area contributed by atoms with E-state index in [1.54, 1.807) is 7.11 Å². The Hall–Kier alpha value is -1.31. The second-order valence-corrected chi connectivity index (χ2v) is 8.04. The van der Waals surface area contributed by atoms with Gasteiger partial charge in [0.05, 0.1) is 7.11 Å². The molecule has 0 radical (unpaired) electrons. The van der Waals surface area contributed by atoms with Crippen molar-refractivity contribution in [3.63, 3.8) is 0 Å². The van der Waals surface area contributed by atoms with E-state index in [-0.39, 0.29) is 16.2 Å². The monoisotopic (exact) mass is 284 g/mol. The van der Waals surface area contributed by atoms with Gasteiger partial charge in [-0.1, -0.05) is 32.9 Å². The van der Waals surface area contributed by atoms with Crippen LogP contribution in [0.5, 0.6) is 5.75 Å². The second-order valence-electron chi connectivity index (χ2n) is 8.04. The number of fused-ring (bicyclic) bond motifs is 3. The Morgan fingerprint density at radius 2 is 1.81 bits per heavy atom. The minimum absolute atomic E-state index is 0.0505. The van der Waals surface area contributed by atoms with E-state index in [0.717, 1.165) is 18.6 Å². The van der Waals surface area contributed by atoms with E-state index < -0.39 is 0 Å². The topological polar surface area (TPSA) is 26.3 Å². The molecule has 3 aliphatic carbocycles. The van der Waals surface area contributed by atoms with Gasteiger partial charge in [0, 0.05) is 10.8 Å². The third kappa shape index (κ3) is 1.32. The number of methoxy groups -OCH3 is 1. The van der Waals surface area contributed by atoms with E-state index in [9.17, 15) is 4.79 Å². The van der Waals surface area contributed by atoms with Gasteiger partial charge in [-0.15, -0.1) is 0 Å². The van der Waals surface area contributed by atoms with Crippen molar-refractivity contribution < 1.29 is 9.53 Å². The van der Waals surface area contributed by atoms with Crippen LogP contribution in [0.2, 0.25) is 0 Å². The maximum absolute atomic E-state index is 13.2. The average molecular weight is 284 g/mol. The average Bonchev–Trinajstić information content (AvgIpc) is 3.12. The zero-order valence-electron chi connectivity index (χ0n) is 13.4. The normalized spacial score (nSPS) is 42.6. The van der Waals surface area contributed by atoms with Crippen molar-refractivity contribution in [1.82, 2.24) is 0 Å². The maximum Gasteiger partial charge on any atom is 0.146 e. The molecule has 1 spiro atoms. The molecule has 3 saturated carbocycles. The lowest BCUT2D eigenvalue weighted by molar-refractivity contribution is -0.133. The van der Waals surface area contributed by atoms with Gasteiger partial charge >= 0.3 is 0 Å². The Bertz CT molecular complexity index is 615. The summed E-state index contributed by atoms with van der Waals surface area (Å²) in [5, 5.41) is 0. The van der Waals surface area contributed by atoms with Crippen molar-refractivity contribution >= 4 is 5.78 Å². The molecule has 1 aromatic carbocycles. The number of ether oxygens (including phenoxy) is 1. The fourth-order valence-electron chi connectivity index (χ4n) is 5.65. The van der Waals surface area contributed by atoms with Gasteiger partial charge in [0.1, 0.15) is 11.5 Å². The van der Waals surface area contributed by atoms with Gasteiger partial charge in [-0.25, -0.2) is 0 Å². The van der Waals surface area contributed by atoms with Crippen molar-refractivity contribution in [2.75, 3.05) is 7.11 Å². The molecular formula is C19H24O2. The third-order valence-electron chi connectivity index (χ3n) is 7.29. The zero-order chi connectivity index (χ0) is 15.0. The highest BCUT2D eigenvalue weighted by molar-refractivity contribution is 5.98. The molecule has 1 aromatic rings. The zero-order valence-corrected chi connectivity index (χ0v) is 13.4. The Labute approximate surface area is 126 Å². The minimum Gasteiger partial charge on any atom is -0.497 e. The van der Waals surface area contributed by atoms with E-state index in [4.69, 9.17) is 4.74 Å². The van der Waals surface area contributed by atoms with Gasteiger partial charge in [0.15, 0.2) is 0 Å². The van der Waals surface area contributed by atoms with Crippen molar-refractivity contribution in [3.8, 4) is 5.75 Å². The van der Waals surface area contributed by atoms with Crippen molar-refractivity contribution in [3.05, 3.63) is 29.8 Å². The van der Waals surface area contributed by atoms with Crippen LogP contribution in [-0.2, 0) is 4.79 Å². The summed E-state index contributed by atoms with van der Waals surface area (Å²) >= 11 is 0. The summed E-state index contributed by atoms with van der Waals surface area (Å²) in [7, 11) is 1.69. The Morgan fingerprint density at radius 1 is 1.14 bits per heavy atom. The molecule has 3 aliphatic rings. The lowest BCUT2D eigenvalue weighted by Crippen LogP contribution is -2.34. The van der Waals surface area contributed by atoms with E-state index in [0.29, 0.717) is 17.6 Å². The fourth-order valence-corrected chi connectivity index (χ4v) is 5.65. The number of rotatable bonds is 2. The van der Waals surface area contributed by atoms with Crippen LogP contribution in [0.3, 0.4) is 0 Å². The standard InChI is InChI=1S/C19H24O2/c1-17(2)15-9-10-18(17,3)16(20)19(15)11-14(19)12-5-7-13(21-4)8-6-12/h5-8,14-15H,9-11H2,1-4H3. The molecule has 3 fully saturated rings. The highest BCUT2D eigenvalue weighted by Gasteiger charge is 2.80. The molecular weight excluding hydrogens is 260 g/mol. The van der Waals surface area contributed by atoms with Gasteiger partial charge < -0.3 is 4.74 Å². The van der Waals surface area contributed by atoms with Gasteiger partial charge in [-0.2, -0.15) is 0 Å². The first-order valence-corrected chi connectivity index (χ1v) is 8.07. The first-order valence-electron chi connectivity index (χ1n) is 8.07. The Balaban J connectivity index is 1.71. The molecule has 0 aliphatic heterocycles. The summed E-state index contributed by atoms with van der Waals surface area (Å²) in [5.74, 6) is 2.44. The van der Waals surface area contributed by atoms with Crippen LogP contribution in [0.25, 0.3) is 0 Å². The number of carbonyl (C=O) groups excluding carboxylic acids is 1. The highest BCUT2D eigenvalue weighted by Crippen LogP contribution is 2.81. The van der Waals surface area contributed by atoms with Crippen LogP contribution in [-0.4, -0.2) is 12.9 Å². The quantitative estimate of drug-likeness (QED) is 0.814. The van der Waals surface area contributed by atoms with Gasteiger partial charge in [-0.3, -0.25) is 4.79 Å². The van der Waals surface area contributed by atoms with Crippen molar-refractivity contribution in [2.45, 2.75) is 46.0 Å². The van der Waals surface area contributed by atoms with Gasteiger partial charge in [0.2, 0.25) is 0 Å². The van der Waals surface area contributed by atoms with Crippen LogP contribution in [0.4, 0.5) is 0 Å². The number of Topliss-reactive ketones (excluding diaryl/α,β-unsaturated/α-hetero) is 1. The first kappa shape index (κ1) is 13.4. The van der Waals surface area contributed by atoms with E-state index in [1.165, 1.54) is 12.0 Å². The Kier molecular flexibility index (Phi) is 2.36. The number of hydrogen-bond donors (Lipinski definition) is 0. The van der Waals surface area contributed by atoms with Crippen LogP contribution < -0.4 is 4.74 Å². The molecule has 4 rings (SSSR count). The minimum atomic E-state index is -0.0983. The van der Waals surface area contributed by atoms with E-state index >= 15 is 0 Å². The van der Waals surface area contributed by atoms with Crippen LogP contribution in [0.15, 0.2) is 24.3 Å². The summed E-state index contributed by atoms with van der Waals surface area (Å²) < 4.78 is 5.24. The lowest BCUT2D eigenvalue weighted by atomic mass is 9.70. The number of carbonyl (C=O) groups is 1. The molecule has 0 saturated heterocycles. The predicted molar refractivity (Wildman–Crippen MR) is 82.4 cm³/mol. The van der Waals surface area contributed by atoms with Gasteiger partial charge in [0.25, 0.3) is 0 Å². The van der Waals surface area contributed by atoms with Crippen LogP contribution >= 0.6 is 0 Å². The summed E-state index contributed by atoms with van der Waals surface area (Å²) in [6.07, 6.45) is 3.37. The number of hydrogen-bond acceptors (Lipinski definition) is 2. The van der Waals surface area contributed by atoms with E-state index in [1.807, 2.05) is 12.1 Å². The molecule has 21 heavy (non-hydrogen) atoms. The molecule has 4 atom stereocenters. The molecule has 2 bridgehead atoms. The smallest absolute Gasteiger partial charge is 0.146 e. The van der Waals surface area contributed by atoms with Gasteiger partial charge in [-0.05, 0) is 54.2 Å². The maximum atomic E-state index is 13.2. The molecule has 2 nitrogen and oxygen atoms in total. The predicted octanol–water partition coefficient (Wildman–Crippen LogP) is 4.19. The van der Waals surface area contributed by atoms with Crippen LogP contribution in [0.1, 0.15) is 51.5 Å². The summed E-state index contributed by atoms with van der Waals surface area (Å²) in [4.78, 5) is 13.2. The molecule has 112 valence electrons. The number of ketones is 1. The highest BCUT2D eigenvalue weighted by atomic mass is 16.5. The molecule has 0 N–H and O–H groups in total. The molecule has 0 heterocycles. The second kappa shape index (κ2) is 3.71. The van der Waals surface area contributed by atoms with Crippen molar-refractivity contribution in [1.29, 1.82) is 0 Å². The summed E-state index contributed by atoms with van der Waals surface area (Å²) in [6.45, 7) is 6.86. The summed E-state index contributed by atoms with van der Waals surface area (Å²) in [6, 6.07) is 8.33. The number of benzene rings is 1. The molecule has 0 aromatic heterocycles. The van der Waals surface area contributed by atoms with Crippen LogP contribution in [0, 0.1) is 22.2 Å². The molecule has 2 heteroatoms. The van der Waals surface area contributed by atoms with Crippen molar-refractivity contribution in [2.24, 2.45) is 22.2 Å². The van der Waals surface area contributed by atoms with E-state index in [2.05, 4.69) is 32.9 Å². The summed E-state index contributed by atoms with van der Waals surface area (Å²) in [5.41, 5.74) is 1.33. The molecule has 4 unspecified atom stereocenters. The SMILES string of the molecule is COc1ccc(C2CC23C(=O)C2(C)CCC3C2(C)C)cc1.